The average Bonchev–Trinajstić information content (AvgIpc) is 2.87. The third kappa shape index (κ3) is 5.88. The molecular weight excluding hydrogens is 515 g/mol. The molecule has 3 aromatic rings. The van der Waals surface area contributed by atoms with Gasteiger partial charge in [-0.3, -0.25) is 9.10 Å². The minimum absolute atomic E-state index is 0.0914. The van der Waals surface area contributed by atoms with Gasteiger partial charge in [-0.2, -0.15) is 0 Å². The number of sulfonamides is 1. The van der Waals surface area contributed by atoms with E-state index < -0.39 is 22.5 Å². The number of rotatable bonds is 8. The van der Waals surface area contributed by atoms with Crippen molar-refractivity contribution in [2.45, 2.75) is 56.9 Å². The molecule has 0 bridgehead atoms. The second kappa shape index (κ2) is 11.2. The number of amides is 1. The van der Waals surface area contributed by atoms with E-state index in [4.69, 9.17) is 23.2 Å². The second-order valence-electron chi connectivity index (χ2n) is 9.19. The SMILES string of the molecule is CCC(NC(=O)CN(c1ccc(Cl)c(Cl)c1)S(=O)(=O)c1ccc(C)cc1)c1ccc2c(c1)CCCC2. The van der Waals surface area contributed by atoms with Gasteiger partial charge >= 0.3 is 0 Å². The predicted molar refractivity (Wildman–Crippen MR) is 146 cm³/mol. The van der Waals surface area contributed by atoms with Crippen LogP contribution in [0.1, 0.15) is 54.5 Å². The summed E-state index contributed by atoms with van der Waals surface area (Å²) >= 11 is 12.3. The van der Waals surface area contributed by atoms with Gasteiger partial charge in [0.1, 0.15) is 6.54 Å². The van der Waals surface area contributed by atoms with Crippen molar-refractivity contribution >= 4 is 44.8 Å². The van der Waals surface area contributed by atoms with Crippen molar-refractivity contribution in [2.24, 2.45) is 0 Å². The van der Waals surface area contributed by atoms with Gasteiger partial charge in [-0.25, -0.2) is 8.42 Å². The Morgan fingerprint density at radius 3 is 2.31 bits per heavy atom. The predicted octanol–water partition coefficient (Wildman–Crippen LogP) is 6.64. The number of carbonyl (C=O) groups is 1. The lowest BCUT2D eigenvalue weighted by Crippen LogP contribution is -2.42. The van der Waals surface area contributed by atoms with Crippen molar-refractivity contribution in [1.29, 1.82) is 0 Å². The fraction of sp³-hybridized carbons (Fsp3) is 0.321. The molecule has 1 aliphatic carbocycles. The topological polar surface area (TPSA) is 66.5 Å². The second-order valence-corrected chi connectivity index (χ2v) is 11.9. The van der Waals surface area contributed by atoms with Crippen molar-refractivity contribution in [3.05, 3.63) is 93.0 Å². The van der Waals surface area contributed by atoms with Crippen LogP contribution >= 0.6 is 23.2 Å². The number of carbonyl (C=O) groups excluding carboxylic acids is 1. The number of halogens is 2. The Morgan fingerprint density at radius 1 is 0.944 bits per heavy atom. The number of anilines is 1. The molecule has 8 heteroatoms. The summed E-state index contributed by atoms with van der Waals surface area (Å²) in [5.74, 6) is -0.402. The highest BCUT2D eigenvalue weighted by molar-refractivity contribution is 7.92. The van der Waals surface area contributed by atoms with Crippen LogP contribution in [0.2, 0.25) is 10.0 Å². The lowest BCUT2D eigenvalue weighted by Gasteiger charge is -2.26. The number of nitrogens with zero attached hydrogens (tertiary/aromatic N) is 1. The molecule has 1 atom stereocenters. The van der Waals surface area contributed by atoms with Crippen molar-refractivity contribution < 1.29 is 13.2 Å². The molecule has 36 heavy (non-hydrogen) atoms. The largest absolute Gasteiger partial charge is 0.348 e. The van der Waals surface area contributed by atoms with Crippen LogP contribution in [0.15, 0.2) is 65.6 Å². The number of hydrogen-bond acceptors (Lipinski definition) is 3. The van der Waals surface area contributed by atoms with E-state index in [9.17, 15) is 13.2 Å². The lowest BCUT2D eigenvalue weighted by atomic mass is 9.89. The molecule has 0 saturated heterocycles. The van der Waals surface area contributed by atoms with Crippen LogP contribution in [-0.2, 0) is 27.7 Å². The van der Waals surface area contributed by atoms with Gasteiger partial charge in [-0.05, 0) is 86.1 Å². The Kier molecular flexibility index (Phi) is 8.28. The first-order chi connectivity index (χ1) is 17.2. The maximum atomic E-state index is 13.6. The first kappa shape index (κ1) is 26.5. The van der Waals surface area contributed by atoms with Gasteiger partial charge in [0.2, 0.25) is 5.91 Å². The molecule has 0 aromatic heterocycles. The normalized spacial score (nSPS) is 14.1. The van der Waals surface area contributed by atoms with Gasteiger partial charge in [0.15, 0.2) is 0 Å². The zero-order chi connectivity index (χ0) is 25.9. The highest BCUT2D eigenvalue weighted by Gasteiger charge is 2.28. The highest BCUT2D eigenvalue weighted by Crippen LogP contribution is 2.31. The maximum Gasteiger partial charge on any atom is 0.264 e. The van der Waals surface area contributed by atoms with Gasteiger partial charge in [0.05, 0.1) is 26.7 Å². The van der Waals surface area contributed by atoms with Crippen LogP contribution in [0, 0.1) is 6.92 Å². The summed E-state index contributed by atoms with van der Waals surface area (Å²) in [6.07, 6.45) is 5.21. The number of nitrogens with one attached hydrogen (secondary N) is 1. The molecule has 0 spiro atoms. The summed E-state index contributed by atoms with van der Waals surface area (Å²) in [6, 6.07) is 17.2. The third-order valence-corrected chi connectivity index (χ3v) is 9.13. The Labute approximate surface area is 223 Å². The van der Waals surface area contributed by atoms with E-state index in [0.29, 0.717) is 11.4 Å². The number of hydrogen-bond donors (Lipinski definition) is 1. The van der Waals surface area contributed by atoms with E-state index in [1.54, 1.807) is 18.2 Å². The summed E-state index contributed by atoms with van der Waals surface area (Å²) in [5.41, 5.74) is 4.95. The Balaban J connectivity index is 1.62. The van der Waals surface area contributed by atoms with Crippen LogP contribution in [0.25, 0.3) is 0 Å². The van der Waals surface area contributed by atoms with Gasteiger partial charge in [-0.1, -0.05) is 66.0 Å². The molecule has 0 heterocycles. The molecule has 3 aromatic carbocycles. The molecule has 5 nitrogen and oxygen atoms in total. The number of aryl methyl sites for hydroxylation is 3. The molecule has 1 N–H and O–H groups in total. The van der Waals surface area contributed by atoms with E-state index in [1.165, 1.54) is 48.2 Å². The van der Waals surface area contributed by atoms with Gasteiger partial charge in [0, 0.05) is 0 Å². The third-order valence-electron chi connectivity index (χ3n) is 6.61. The Hall–Kier alpha value is -2.54. The van der Waals surface area contributed by atoms with Gasteiger partial charge < -0.3 is 5.32 Å². The van der Waals surface area contributed by atoms with Crippen LogP contribution in [0.3, 0.4) is 0 Å². The summed E-state index contributed by atoms with van der Waals surface area (Å²) in [6.45, 7) is 3.49. The van der Waals surface area contributed by atoms with E-state index >= 15 is 0 Å². The highest BCUT2D eigenvalue weighted by atomic mass is 35.5. The fourth-order valence-electron chi connectivity index (χ4n) is 4.55. The molecule has 1 aliphatic rings. The average molecular weight is 546 g/mol. The van der Waals surface area contributed by atoms with Gasteiger partial charge in [-0.15, -0.1) is 0 Å². The molecule has 4 rings (SSSR count). The zero-order valence-electron chi connectivity index (χ0n) is 20.4. The van der Waals surface area contributed by atoms with Crippen LogP contribution < -0.4 is 9.62 Å². The maximum absolute atomic E-state index is 13.6. The quantitative estimate of drug-likeness (QED) is 0.345. The summed E-state index contributed by atoms with van der Waals surface area (Å²) in [5, 5.41) is 3.55. The van der Waals surface area contributed by atoms with Crippen molar-refractivity contribution in [1.82, 2.24) is 5.32 Å². The molecular formula is C28H30Cl2N2O3S. The van der Waals surface area contributed by atoms with Crippen molar-refractivity contribution in [2.75, 3.05) is 10.8 Å². The molecule has 1 unspecified atom stereocenters. The molecule has 0 fully saturated rings. The lowest BCUT2D eigenvalue weighted by molar-refractivity contribution is -0.120. The van der Waals surface area contributed by atoms with Crippen LogP contribution in [0.5, 0.6) is 0 Å². The minimum atomic E-state index is -4.04. The number of fused-ring (bicyclic) bond motifs is 1. The van der Waals surface area contributed by atoms with Crippen LogP contribution in [0.4, 0.5) is 5.69 Å². The zero-order valence-corrected chi connectivity index (χ0v) is 22.8. The van der Waals surface area contributed by atoms with E-state index in [-0.39, 0.29) is 21.6 Å². The molecule has 0 radical (unpaired) electrons. The monoisotopic (exact) mass is 544 g/mol. The standard InChI is InChI=1S/C28H30Cl2N2O3S/c1-3-27(22-11-10-20-6-4-5-7-21(20)16-22)31-28(33)18-32(23-12-15-25(29)26(30)17-23)36(34,35)24-13-8-19(2)9-14-24/h8-17,27H,3-7,18H2,1-2H3,(H,31,33). The van der Waals surface area contributed by atoms with Crippen molar-refractivity contribution in [3.63, 3.8) is 0 Å². The fourth-order valence-corrected chi connectivity index (χ4v) is 6.26. The van der Waals surface area contributed by atoms with E-state index in [1.807, 2.05) is 13.8 Å². The molecule has 0 aliphatic heterocycles. The Morgan fingerprint density at radius 2 is 1.64 bits per heavy atom. The van der Waals surface area contributed by atoms with E-state index in [0.717, 1.165) is 28.3 Å². The molecule has 0 saturated carbocycles. The van der Waals surface area contributed by atoms with Crippen molar-refractivity contribution in [3.8, 4) is 0 Å². The number of benzene rings is 3. The Bertz CT molecular complexity index is 1360. The molecule has 1 amide bonds. The summed E-state index contributed by atoms with van der Waals surface area (Å²) in [7, 11) is -4.04. The summed E-state index contributed by atoms with van der Waals surface area (Å²) < 4.78 is 28.3. The summed E-state index contributed by atoms with van der Waals surface area (Å²) in [4.78, 5) is 13.4. The van der Waals surface area contributed by atoms with Gasteiger partial charge in [0.25, 0.3) is 10.0 Å². The smallest absolute Gasteiger partial charge is 0.264 e. The van der Waals surface area contributed by atoms with E-state index in [2.05, 4.69) is 23.5 Å². The molecule has 190 valence electrons. The first-order valence-electron chi connectivity index (χ1n) is 12.1. The minimum Gasteiger partial charge on any atom is -0.348 e. The van der Waals surface area contributed by atoms with Crippen LogP contribution in [-0.4, -0.2) is 20.9 Å². The first-order valence-corrected chi connectivity index (χ1v) is 14.3.